The number of hydrogen-bond donors (Lipinski definition) is 1. The van der Waals surface area contributed by atoms with E-state index in [4.69, 9.17) is 0 Å². The molecule has 1 heterocycles. The minimum atomic E-state index is 0.944. The maximum Gasteiger partial charge on any atom is 0.140 e. The SMILES string of the molecule is Brc1cccnc1NCCC1CCCC1. The van der Waals surface area contributed by atoms with Gasteiger partial charge in [-0.25, -0.2) is 4.98 Å². The minimum absolute atomic E-state index is 0.944. The van der Waals surface area contributed by atoms with Crippen LogP contribution in [-0.4, -0.2) is 11.5 Å². The van der Waals surface area contributed by atoms with Crippen molar-refractivity contribution in [1.29, 1.82) is 0 Å². The number of hydrogen-bond acceptors (Lipinski definition) is 2. The smallest absolute Gasteiger partial charge is 0.140 e. The Balaban J connectivity index is 1.75. The number of aromatic nitrogens is 1. The topological polar surface area (TPSA) is 24.9 Å². The van der Waals surface area contributed by atoms with Gasteiger partial charge >= 0.3 is 0 Å². The Morgan fingerprint density at radius 2 is 2.20 bits per heavy atom. The quantitative estimate of drug-likeness (QED) is 0.898. The Hall–Kier alpha value is -0.570. The van der Waals surface area contributed by atoms with Crippen LogP contribution in [0.5, 0.6) is 0 Å². The maximum absolute atomic E-state index is 4.28. The first-order valence-corrected chi connectivity index (χ1v) is 6.50. The van der Waals surface area contributed by atoms with E-state index in [-0.39, 0.29) is 0 Å². The van der Waals surface area contributed by atoms with Gasteiger partial charge in [-0.3, -0.25) is 0 Å². The maximum atomic E-state index is 4.28. The number of nitrogens with zero attached hydrogens (tertiary/aromatic N) is 1. The van der Waals surface area contributed by atoms with E-state index < -0.39 is 0 Å². The predicted molar refractivity (Wildman–Crippen MR) is 67.0 cm³/mol. The lowest BCUT2D eigenvalue weighted by Gasteiger charge is -2.10. The summed E-state index contributed by atoms with van der Waals surface area (Å²) in [5, 5.41) is 3.38. The average molecular weight is 269 g/mol. The summed E-state index contributed by atoms with van der Waals surface area (Å²) >= 11 is 3.48. The fourth-order valence-corrected chi connectivity index (χ4v) is 2.60. The van der Waals surface area contributed by atoms with Crippen molar-refractivity contribution in [3.8, 4) is 0 Å². The van der Waals surface area contributed by atoms with E-state index in [1.54, 1.807) is 0 Å². The van der Waals surface area contributed by atoms with Crippen molar-refractivity contribution in [1.82, 2.24) is 4.98 Å². The van der Waals surface area contributed by atoms with Crippen LogP contribution in [0, 0.1) is 5.92 Å². The summed E-state index contributed by atoms with van der Waals surface area (Å²) in [5.41, 5.74) is 0. The first-order valence-electron chi connectivity index (χ1n) is 5.70. The van der Waals surface area contributed by atoms with Gasteiger partial charge in [-0.15, -0.1) is 0 Å². The zero-order valence-electron chi connectivity index (χ0n) is 8.88. The highest BCUT2D eigenvalue weighted by Crippen LogP contribution is 2.27. The molecule has 1 saturated carbocycles. The lowest BCUT2D eigenvalue weighted by molar-refractivity contribution is 0.518. The molecule has 0 aromatic carbocycles. The van der Waals surface area contributed by atoms with Crippen LogP contribution >= 0.6 is 15.9 Å². The Morgan fingerprint density at radius 1 is 1.40 bits per heavy atom. The molecule has 0 spiro atoms. The van der Waals surface area contributed by atoms with Gasteiger partial charge in [-0.2, -0.15) is 0 Å². The van der Waals surface area contributed by atoms with Crippen LogP contribution in [0.1, 0.15) is 32.1 Å². The molecule has 1 aliphatic carbocycles. The van der Waals surface area contributed by atoms with E-state index in [0.29, 0.717) is 0 Å². The summed E-state index contributed by atoms with van der Waals surface area (Å²) in [6.45, 7) is 1.04. The van der Waals surface area contributed by atoms with E-state index in [0.717, 1.165) is 22.8 Å². The van der Waals surface area contributed by atoms with Crippen LogP contribution in [0.3, 0.4) is 0 Å². The Kier molecular flexibility index (Phi) is 4.01. The number of anilines is 1. The van der Waals surface area contributed by atoms with Gasteiger partial charge in [0.1, 0.15) is 5.82 Å². The second kappa shape index (κ2) is 5.50. The first kappa shape index (κ1) is 10.9. The van der Waals surface area contributed by atoms with E-state index in [1.807, 2.05) is 18.3 Å². The molecule has 15 heavy (non-hydrogen) atoms. The highest BCUT2D eigenvalue weighted by molar-refractivity contribution is 9.10. The molecule has 2 rings (SSSR count). The van der Waals surface area contributed by atoms with Crippen molar-refractivity contribution in [2.75, 3.05) is 11.9 Å². The second-order valence-corrected chi connectivity index (χ2v) is 5.05. The molecule has 0 unspecified atom stereocenters. The molecular formula is C12H17BrN2. The largest absolute Gasteiger partial charge is 0.369 e. The molecule has 1 aromatic heterocycles. The highest BCUT2D eigenvalue weighted by atomic mass is 79.9. The first-order chi connectivity index (χ1) is 7.36. The highest BCUT2D eigenvalue weighted by Gasteiger charge is 2.14. The molecule has 1 aliphatic rings. The van der Waals surface area contributed by atoms with E-state index in [2.05, 4.69) is 26.2 Å². The van der Waals surface area contributed by atoms with Crippen LogP contribution in [0.4, 0.5) is 5.82 Å². The van der Waals surface area contributed by atoms with Crippen molar-refractivity contribution < 1.29 is 0 Å². The van der Waals surface area contributed by atoms with E-state index in [1.165, 1.54) is 32.1 Å². The van der Waals surface area contributed by atoms with Gasteiger partial charge in [0, 0.05) is 12.7 Å². The molecule has 2 nitrogen and oxygen atoms in total. The van der Waals surface area contributed by atoms with Gasteiger partial charge in [-0.05, 0) is 40.4 Å². The van der Waals surface area contributed by atoms with E-state index >= 15 is 0 Å². The average Bonchev–Trinajstić information content (AvgIpc) is 2.74. The zero-order valence-corrected chi connectivity index (χ0v) is 10.5. The fraction of sp³-hybridized carbons (Fsp3) is 0.583. The van der Waals surface area contributed by atoms with Crippen molar-refractivity contribution in [2.45, 2.75) is 32.1 Å². The van der Waals surface area contributed by atoms with Gasteiger partial charge < -0.3 is 5.32 Å². The molecule has 1 N–H and O–H groups in total. The van der Waals surface area contributed by atoms with Crippen LogP contribution < -0.4 is 5.32 Å². The molecule has 82 valence electrons. The summed E-state index contributed by atoms with van der Waals surface area (Å²) in [4.78, 5) is 4.28. The van der Waals surface area contributed by atoms with Crippen LogP contribution in [0.2, 0.25) is 0 Å². The van der Waals surface area contributed by atoms with Crippen molar-refractivity contribution in [3.05, 3.63) is 22.8 Å². The lowest BCUT2D eigenvalue weighted by Crippen LogP contribution is -2.07. The molecule has 0 bridgehead atoms. The summed E-state index contributed by atoms with van der Waals surface area (Å²) in [7, 11) is 0. The molecule has 0 radical (unpaired) electrons. The Morgan fingerprint density at radius 3 is 2.93 bits per heavy atom. The molecule has 1 fully saturated rings. The van der Waals surface area contributed by atoms with Gasteiger partial charge in [0.2, 0.25) is 0 Å². The normalized spacial score (nSPS) is 16.9. The predicted octanol–water partition coefficient (Wildman–Crippen LogP) is 3.84. The number of halogens is 1. The monoisotopic (exact) mass is 268 g/mol. The summed E-state index contributed by atoms with van der Waals surface area (Å²) < 4.78 is 1.05. The third-order valence-electron chi connectivity index (χ3n) is 3.08. The second-order valence-electron chi connectivity index (χ2n) is 4.20. The standard InChI is InChI=1S/C12H17BrN2/c13-11-6-3-8-14-12(11)15-9-7-10-4-1-2-5-10/h3,6,8,10H,1-2,4-5,7,9H2,(H,14,15). The van der Waals surface area contributed by atoms with Crippen LogP contribution in [0.15, 0.2) is 22.8 Å². The molecule has 3 heteroatoms. The fourth-order valence-electron chi connectivity index (χ4n) is 2.21. The number of nitrogens with one attached hydrogen (secondary N) is 1. The van der Waals surface area contributed by atoms with Crippen molar-refractivity contribution >= 4 is 21.7 Å². The molecular weight excluding hydrogens is 252 g/mol. The van der Waals surface area contributed by atoms with Gasteiger partial charge in [0.15, 0.2) is 0 Å². The van der Waals surface area contributed by atoms with Crippen molar-refractivity contribution in [2.24, 2.45) is 5.92 Å². The molecule has 0 aliphatic heterocycles. The lowest BCUT2D eigenvalue weighted by atomic mass is 10.0. The van der Waals surface area contributed by atoms with Crippen molar-refractivity contribution in [3.63, 3.8) is 0 Å². The Labute approximate surface area is 99.6 Å². The molecule has 0 atom stereocenters. The third-order valence-corrected chi connectivity index (χ3v) is 3.72. The van der Waals surface area contributed by atoms with Crippen LogP contribution in [-0.2, 0) is 0 Å². The van der Waals surface area contributed by atoms with Crippen LogP contribution in [0.25, 0.3) is 0 Å². The van der Waals surface area contributed by atoms with Gasteiger partial charge in [0.05, 0.1) is 4.47 Å². The summed E-state index contributed by atoms with van der Waals surface area (Å²) in [6, 6.07) is 3.96. The summed E-state index contributed by atoms with van der Waals surface area (Å²) in [6.07, 6.45) is 8.80. The minimum Gasteiger partial charge on any atom is -0.369 e. The Bertz CT molecular complexity index is 308. The van der Waals surface area contributed by atoms with Gasteiger partial charge in [0.25, 0.3) is 0 Å². The van der Waals surface area contributed by atoms with E-state index in [9.17, 15) is 0 Å². The molecule has 1 aromatic rings. The molecule has 0 saturated heterocycles. The third kappa shape index (κ3) is 3.20. The van der Waals surface area contributed by atoms with Gasteiger partial charge in [-0.1, -0.05) is 25.7 Å². The zero-order chi connectivity index (χ0) is 10.5. The molecule has 0 amide bonds. The number of pyridine rings is 1. The summed E-state index contributed by atoms with van der Waals surface area (Å²) in [5.74, 6) is 1.91. The number of rotatable bonds is 4.